The number of rotatable bonds is 5. The predicted molar refractivity (Wildman–Crippen MR) is 87.1 cm³/mol. The molecule has 2 aliphatic heterocycles. The Balaban J connectivity index is 1.97. The van der Waals surface area contributed by atoms with Gasteiger partial charge in [-0.15, -0.1) is 0 Å². The zero-order valence-corrected chi connectivity index (χ0v) is 14.9. The van der Waals surface area contributed by atoms with E-state index in [4.69, 9.17) is 18.9 Å². The molecule has 0 N–H and O–H groups in total. The van der Waals surface area contributed by atoms with Crippen LogP contribution in [0.2, 0.25) is 0 Å². The Morgan fingerprint density at radius 2 is 1.96 bits per heavy atom. The van der Waals surface area contributed by atoms with Gasteiger partial charge in [0.05, 0.1) is 12.2 Å². The van der Waals surface area contributed by atoms with Gasteiger partial charge in [-0.1, -0.05) is 6.08 Å². The smallest absolute Gasteiger partial charge is 0.334 e. The van der Waals surface area contributed by atoms with Crippen LogP contribution in [0, 0.1) is 0 Å². The van der Waals surface area contributed by atoms with Crippen molar-refractivity contribution < 1.29 is 28.5 Å². The SMILES string of the molecule is C/C=C(\C)C(=O)O[C@H]1C=CC(=O)O[C@@H]1CC[C@@H]1OC(C)(C)O[C@H]1C. The van der Waals surface area contributed by atoms with Gasteiger partial charge in [-0.3, -0.25) is 0 Å². The van der Waals surface area contributed by atoms with Gasteiger partial charge in [-0.2, -0.15) is 0 Å². The van der Waals surface area contributed by atoms with Crippen LogP contribution in [-0.4, -0.2) is 42.1 Å². The Kier molecular flexibility index (Phi) is 5.83. The second-order valence-electron chi connectivity index (χ2n) is 6.63. The van der Waals surface area contributed by atoms with Gasteiger partial charge in [0.1, 0.15) is 6.10 Å². The van der Waals surface area contributed by atoms with E-state index in [0.717, 1.165) is 0 Å². The highest BCUT2D eigenvalue weighted by Gasteiger charge is 2.39. The fourth-order valence-corrected chi connectivity index (χ4v) is 2.86. The average molecular weight is 338 g/mol. The third kappa shape index (κ3) is 4.68. The lowest BCUT2D eigenvalue weighted by molar-refractivity contribution is -0.163. The number of hydrogen-bond donors (Lipinski definition) is 0. The standard InChI is InChI=1S/C18H26O6/c1-6-11(2)17(20)22-15-9-10-16(19)21-14(15)8-7-13-12(3)23-18(4,5)24-13/h6,9-10,12-15H,7-8H2,1-5H3/b11-6+/t12-,13-,14+,15-/m0/s1. The molecular weight excluding hydrogens is 312 g/mol. The third-order valence-corrected chi connectivity index (χ3v) is 4.22. The Morgan fingerprint density at radius 3 is 2.54 bits per heavy atom. The normalized spacial score (nSPS) is 32.5. The van der Waals surface area contributed by atoms with Gasteiger partial charge in [0.2, 0.25) is 0 Å². The summed E-state index contributed by atoms with van der Waals surface area (Å²) in [7, 11) is 0. The molecule has 0 unspecified atom stereocenters. The second-order valence-corrected chi connectivity index (χ2v) is 6.63. The highest BCUT2D eigenvalue weighted by Crippen LogP contribution is 2.31. The lowest BCUT2D eigenvalue weighted by atomic mass is 10.0. The maximum absolute atomic E-state index is 12.0. The van der Waals surface area contributed by atoms with Crippen LogP contribution in [0.1, 0.15) is 47.5 Å². The minimum Gasteiger partial charge on any atom is -0.455 e. The quantitative estimate of drug-likeness (QED) is 0.567. The maximum atomic E-state index is 12.0. The van der Waals surface area contributed by atoms with Gasteiger partial charge in [-0.05, 0) is 53.5 Å². The summed E-state index contributed by atoms with van der Waals surface area (Å²) in [6, 6.07) is 0. The third-order valence-electron chi connectivity index (χ3n) is 4.22. The number of carbonyl (C=O) groups excluding carboxylic acids is 2. The summed E-state index contributed by atoms with van der Waals surface area (Å²) in [6.07, 6.45) is 4.50. The van der Waals surface area contributed by atoms with Gasteiger partial charge >= 0.3 is 11.9 Å². The monoisotopic (exact) mass is 338 g/mol. The van der Waals surface area contributed by atoms with Gasteiger partial charge in [-0.25, -0.2) is 9.59 Å². The van der Waals surface area contributed by atoms with Crippen molar-refractivity contribution in [3.05, 3.63) is 23.8 Å². The molecule has 0 aliphatic carbocycles. The average Bonchev–Trinajstić information content (AvgIpc) is 2.78. The van der Waals surface area contributed by atoms with E-state index in [-0.39, 0.29) is 12.2 Å². The summed E-state index contributed by atoms with van der Waals surface area (Å²) >= 11 is 0. The number of hydrogen-bond acceptors (Lipinski definition) is 6. The molecule has 2 rings (SSSR count). The summed E-state index contributed by atoms with van der Waals surface area (Å²) in [5, 5.41) is 0. The molecule has 1 fully saturated rings. The van der Waals surface area contributed by atoms with Gasteiger partial charge in [0, 0.05) is 11.6 Å². The molecule has 0 bridgehead atoms. The first-order chi connectivity index (χ1) is 11.2. The van der Waals surface area contributed by atoms with E-state index in [1.165, 1.54) is 6.08 Å². The molecule has 0 aromatic carbocycles. The Bertz CT molecular complexity index is 548. The molecule has 2 aliphatic rings. The van der Waals surface area contributed by atoms with Crippen LogP contribution >= 0.6 is 0 Å². The van der Waals surface area contributed by atoms with Crippen LogP contribution in [0.15, 0.2) is 23.8 Å². The van der Waals surface area contributed by atoms with Crippen molar-refractivity contribution in [1.82, 2.24) is 0 Å². The molecule has 134 valence electrons. The van der Waals surface area contributed by atoms with E-state index >= 15 is 0 Å². The van der Waals surface area contributed by atoms with E-state index in [1.807, 2.05) is 20.8 Å². The molecule has 0 saturated carbocycles. The summed E-state index contributed by atoms with van der Waals surface area (Å²) in [5.74, 6) is -1.45. The number of allylic oxidation sites excluding steroid dienone is 1. The van der Waals surface area contributed by atoms with Crippen LogP contribution in [-0.2, 0) is 28.5 Å². The van der Waals surface area contributed by atoms with Crippen LogP contribution in [0.3, 0.4) is 0 Å². The van der Waals surface area contributed by atoms with E-state index in [2.05, 4.69) is 0 Å². The van der Waals surface area contributed by atoms with Crippen molar-refractivity contribution in [1.29, 1.82) is 0 Å². The van der Waals surface area contributed by atoms with Crippen LogP contribution in [0.4, 0.5) is 0 Å². The topological polar surface area (TPSA) is 71.1 Å². The fourth-order valence-electron chi connectivity index (χ4n) is 2.86. The molecule has 4 atom stereocenters. The van der Waals surface area contributed by atoms with Crippen LogP contribution < -0.4 is 0 Å². The molecule has 0 radical (unpaired) electrons. The van der Waals surface area contributed by atoms with Crippen molar-refractivity contribution in [3.8, 4) is 0 Å². The predicted octanol–water partition coefficient (Wildman–Crippen LogP) is 2.67. The first-order valence-corrected chi connectivity index (χ1v) is 8.30. The van der Waals surface area contributed by atoms with Crippen molar-refractivity contribution >= 4 is 11.9 Å². The number of cyclic esters (lactones) is 1. The van der Waals surface area contributed by atoms with E-state index in [0.29, 0.717) is 18.4 Å². The van der Waals surface area contributed by atoms with E-state index in [9.17, 15) is 9.59 Å². The Labute approximate surface area is 142 Å². The number of esters is 2. The zero-order valence-electron chi connectivity index (χ0n) is 14.9. The summed E-state index contributed by atoms with van der Waals surface area (Å²) < 4.78 is 22.4. The molecule has 24 heavy (non-hydrogen) atoms. The lowest BCUT2D eigenvalue weighted by Gasteiger charge is -2.28. The molecule has 6 nitrogen and oxygen atoms in total. The number of carbonyl (C=O) groups is 2. The molecule has 0 spiro atoms. The van der Waals surface area contributed by atoms with Gasteiger partial charge < -0.3 is 18.9 Å². The van der Waals surface area contributed by atoms with Crippen molar-refractivity contribution in [2.45, 2.75) is 77.7 Å². The summed E-state index contributed by atoms with van der Waals surface area (Å²) in [6.45, 7) is 9.16. The first-order valence-electron chi connectivity index (χ1n) is 8.30. The summed E-state index contributed by atoms with van der Waals surface area (Å²) in [5.41, 5.74) is 0.516. The minimum atomic E-state index is -0.609. The van der Waals surface area contributed by atoms with E-state index < -0.39 is 29.9 Å². The molecule has 1 saturated heterocycles. The van der Waals surface area contributed by atoms with Crippen LogP contribution in [0.25, 0.3) is 0 Å². The number of ether oxygens (including phenoxy) is 4. The molecule has 0 amide bonds. The highest BCUT2D eigenvalue weighted by molar-refractivity contribution is 5.88. The molecule has 2 heterocycles. The minimum absolute atomic E-state index is 0.0406. The van der Waals surface area contributed by atoms with E-state index in [1.54, 1.807) is 26.0 Å². The second kappa shape index (κ2) is 7.49. The van der Waals surface area contributed by atoms with Crippen molar-refractivity contribution in [2.24, 2.45) is 0 Å². The van der Waals surface area contributed by atoms with Crippen molar-refractivity contribution in [3.63, 3.8) is 0 Å². The highest BCUT2D eigenvalue weighted by atomic mass is 16.7. The Hall–Kier alpha value is -1.66. The largest absolute Gasteiger partial charge is 0.455 e. The molecule has 6 heteroatoms. The molecule has 0 aromatic rings. The van der Waals surface area contributed by atoms with Gasteiger partial charge in [0.25, 0.3) is 0 Å². The molecular formula is C18H26O6. The molecule has 0 aromatic heterocycles. The summed E-state index contributed by atoms with van der Waals surface area (Å²) in [4.78, 5) is 23.5. The maximum Gasteiger partial charge on any atom is 0.334 e. The first kappa shape index (κ1) is 18.7. The van der Waals surface area contributed by atoms with Crippen LogP contribution in [0.5, 0.6) is 0 Å². The van der Waals surface area contributed by atoms with Crippen molar-refractivity contribution in [2.75, 3.05) is 0 Å². The zero-order chi connectivity index (χ0) is 17.9. The lowest BCUT2D eigenvalue weighted by Crippen LogP contribution is -2.38. The fraction of sp³-hybridized carbons (Fsp3) is 0.667. The Morgan fingerprint density at radius 1 is 1.29 bits per heavy atom. The van der Waals surface area contributed by atoms with Gasteiger partial charge in [0.15, 0.2) is 11.9 Å².